The number of aromatic nitrogens is 3. The lowest BCUT2D eigenvalue weighted by Crippen LogP contribution is -2.18. The molecule has 2 aliphatic rings. The first kappa shape index (κ1) is 19.3. The van der Waals surface area contributed by atoms with Gasteiger partial charge in [0.15, 0.2) is 11.5 Å². The fourth-order valence-electron chi connectivity index (χ4n) is 4.34. The number of rotatable bonds is 3. The van der Waals surface area contributed by atoms with Crippen LogP contribution in [0.2, 0.25) is 0 Å². The smallest absolute Gasteiger partial charge is 0.256 e. The molecule has 0 radical (unpaired) electrons. The number of ether oxygens (including phenoxy) is 2. The lowest BCUT2D eigenvalue weighted by molar-refractivity contribution is 0.102. The van der Waals surface area contributed by atoms with Gasteiger partial charge in [-0.05, 0) is 74.1 Å². The molecule has 0 saturated carbocycles. The summed E-state index contributed by atoms with van der Waals surface area (Å²) < 4.78 is 14.0. The topological polar surface area (TPSA) is 78.3 Å². The van der Waals surface area contributed by atoms with Crippen LogP contribution in [0.3, 0.4) is 0 Å². The van der Waals surface area contributed by atoms with Crippen molar-refractivity contribution in [3.8, 4) is 16.6 Å². The van der Waals surface area contributed by atoms with Gasteiger partial charge in [0.25, 0.3) is 5.91 Å². The Kier molecular flexibility index (Phi) is 4.61. The molecule has 0 atom stereocenters. The normalized spacial score (nSPS) is 14.9. The fraction of sp³-hybridized carbons (Fsp3) is 0.292. The summed E-state index contributed by atoms with van der Waals surface area (Å²) in [6.45, 7) is 2.90. The van der Waals surface area contributed by atoms with E-state index in [1.54, 1.807) is 34.2 Å². The molecule has 1 amide bonds. The molecule has 0 unspecified atom stereocenters. The molecule has 6 rings (SSSR count). The van der Waals surface area contributed by atoms with E-state index in [1.807, 2.05) is 13.0 Å². The molecule has 0 saturated heterocycles. The van der Waals surface area contributed by atoms with Crippen molar-refractivity contribution >= 4 is 33.3 Å². The summed E-state index contributed by atoms with van der Waals surface area (Å²) >= 11 is 1.59. The summed E-state index contributed by atoms with van der Waals surface area (Å²) in [5, 5.41) is 8.32. The van der Waals surface area contributed by atoms with Gasteiger partial charge in [-0.3, -0.25) is 4.79 Å². The van der Waals surface area contributed by atoms with E-state index < -0.39 is 0 Å². The minimum Gasteiger partial charge on any atom is -0.486 e. The number of nitrogens with zero attached hydrogens (tertiary/aromatic N) is 3. The van der Waals surface area contributed by atoms with Crippen LogP contribution in [0.4, 0.5) is 5.82 Å². The first-order valence-electron chi connectivity index (χ1n) is 10.8. The molecule has 1 aliphatic carbocycles. The van der Waals surface area contributed by atoms with Crippen LogP contribution in [0.25, 0.3) is 15.3 Å². The third-order valence-corrected chi connectivity index (χ3v) is 6.89. The van der Waals surface area contributed by atoms with Crippen molar-refractivity contribution in [3.05, 3.63) is 58.8 Å². The lowest BCUT2D eigenvalue weighted by atomic mass is 9.92. The van der Waals surface area contributed by atoms with Gasteiger partial charge in [0, 0.05) is 11.6 Å². The van der Waals surface area contributed by atoms with E-state index >= 15 is 0 Å². The van der Waals surface area contributed by atoms with E-state index in [0.717, 1.165) is 33.9 Å². The molecule has 0 spiro atoms. The SMILES string of the molecule is Cc1cc(NC(=O)c2ccc3c(c2)OCCO3)n(-c2nc3cc4c(cc3s2)CCCC4)n1. The minimum absolute atomic E-state index is 0.236. The van der Waals surface area contributed by atoms with Crippen LogP contribution >= 0.6 is 11.3 Å². The van der Waals surface area contributed by atoms with Crippen molar-refractivity contribution in [2.75, 3.05) is 18.5 Å². The summed E-state index contributed by atoms with van der Waals surface area (Å²) in [6, 6.07) is 11.6. The van der Waals surface area contributed by atoms with E-state index in [4.69, 9.17) is 14.5 Å². The van der Waals surface area contributed by atoms with Gasteiger partial charge in [-0.15, -0.1) is 0 Å². The average molecular weight is 447 g/mol. The summed E-state index contributed by atoms with van der Waals surface area (Å²) in [6.07, 6.45) is 4.74. The van der Waals surface area contributed by atoms with E-state index in [0.29, 0.717) is 36.1 Å². The Balaban J connectivity index is 1.32. The molecule has 32 heavy (non-hydrogen) atoms. The molecule has 2 aromatic heterocycles. The quantitative estimate of drug-likeness (QED) is 0.494. The number of nitrogens with one attached hydrogen (secondary N) is 1. The second-order valence-electron chi connectivity index (χ2n) is 8.19. The molecule has 1 N–H and O–H groups in total. The molecule has 7 nitrogen and oxygen atoms in total. The maximum absolute atomic E-state index is 13.0. The van der Waals surface area contributed by atoms with Crippen molar-refractivity contribution in [3.63, 3.8) is 0 Å². The van der Waals surface area contributed by atoms with Gasteiger partial charge >= 0.3 is 0 Å². The molecular weight excluding hydrogens is 424 g/mol. The van der Waals surface area contributed by atoms with E-state index in [-0.39, 0.29) is 5.91 Å². The molecule has 1 aliphatic heterocycles. The molecule has 162 valence electrons. The number of hydrogen-bond donors (Lipinski definition) is 1. The van der Waals surface area contributed by atoms with Gasteiger partial charge in [-0.1, -0.05) is 11.3 Å². The number of carbonyl (C=O) groups is 1. The maximum Gasteiger partial charge on any atom is 0.256 e. The Morgan fingerprint density at radius 2 is 1.81 bits per heavy atom. The number of fused-ring (bicyclic) bond motifs is 3. The third-order valence-electron chi connectivity index (χ3n) is 5.90. The summed E-state index contributed by atoms with van der Waals surface area (Å²) in [5.41, 5.74) is 5.13. The van der Waals surface area contributed by atoms with Crippen LogP contribution in [0.15, 0.2) is 36.4 Å². The standard InChI is InChI=1S/C24H22N4O3S/c1-14-10-22(26-23(29)17-6-7-19-20(12-17)31-9-8-30-19)28(27-14)24-25-18-11-15-4-2-3-5-16(15)13-21(18)32-24/h6-7,10-13H,2-5,8-9H2,1H3,(H,26,29). The van der Waals surface area contributed by atoms with Crippen molar-refractivity contribution in [2.24, 2.45) is 0 Å². The van der Waals surface area contributed by atoms with Crippen LogP contribution in [0, 0.1) is 6.92 Å². The van der Waals surface area contributed by atoms with Crippen LogP contribution in [-0.4, -0.2) is 33.9 Å². The highest BCUT2D eigenvalue weighted by atomic mass is 32.1. The number of aryl methyl sites for hydroxylation is 3. The van der Waals surface area contributed by atoms with Crippen molar-refractivity contribution < 1.29 is 14.3 Å². The average Bonchev–Trinajstić information content (AvgIpc) is 3.39. The molecule has 3 heterocycles. The Morgan fingerprint density at radius 1 is 1.03 bits per heavy atom. The zero-order chi connectivity index (χ0) is 21.7. The summed E-state index contributed by atoms with van der Waals surface area (Å²) in [7, 11) is 0. The zero-order valence-electron chi connectivity index (χ0n) is 17.7. The van der Waals surface area contributed by atoms with Crippen molar-refractivity contribution in [2.45, 2.75) is 32.6 Å². The minimum atomic E-state index is -0.236. The first-order chi connectivity index (χ1) is 15.6. The Bertz CT molecular complexity index is 1310. The molecule has 2 aromatic carbocycles. The monoisotopic (exact) mass is 446 g/mol. The number of thiazole rings is 1. The lowest BCUT2D eigenvalue weighted by Gasteiger charge is -2.18. The zero-order valence-corrected chi connectivity index (χ0v) is 18.5. The van der Waals surface area contributed by atoms with E-state index in [1.165, 1.54) is 24.0 Å². The number of carbonyl (C=O) groups excluding carboxylic acids is 1. The largest absolute Gasteiger partial charge is 0.486 e. The fourth-order valence-corrected chi connectivity index (χ4v) is 5.32. The Hall–Kier alpha value is -3.39. The number of amides is 1. The van der Waals surface area contributed by atoms with E-state index in [2.05, 4.69) is 22.5 Å². The van der Waals surface area contributed by atoms with Crippen molar-refractivity contribution in [1.82, 2.24) is 14.8 Å². The molecule has 0 bridgehead atoms. The summed E-state index contributed by atoms with van der Waals surface area (Å²) in [5.74, 6) is 1.60. The number of anilines is 1. The summed E-state index contributed by atoms with van der Waals surface area (Å²) in [4.78, 5) is 17.8. The maximum atomic E-state index is 13.0. The highest BCUT2D eigenvalue weighted by molar-refractivity contribution is 7.20. The van der Waals surface area contributed by atoms with Gasteiger partial charge < -0.3 is 14.8 Å². The Morgan fingerprint density at radius 3 is 2.66 bits per heavy atom. The van der Waals surface area contributed by atoms with Crippen LogP contribution in [-0.2, 0) is 12.8 Å². The number of benzene rings is 2. The highest BCUT2D eigenvalue weighted by Crippen LogP contribution is 2.33. The second-order valence-corrected chi connectivity index (χ2v) is 9.20. The molecule has 0 fully saturated rings. The highest BCUT2D eigenvalue weighted by Gasteiger charge is 2.19. The van der Waals surface area contributed by atoms with E-state index in [9.17, 15) is 4.79 Å². The molecule has 8 heteroatoms. The van der Waals surface area contributed by atoms with Crippen molar-refractivity contribution in [1.29, 1.82) is 0 Å². The van der Waals surface area contributed by atoms with Gasteiger partial charge in [0.1, 0.15) is 19.0 Å². The van der Waals surface area contributed by atoms with Crippen LogP contribution in [0.1, 0.15) is 40.0 Å². The third kappa shape index (κ3) is 3.40. The predicted molar refractivity (Wildman–Crippen MR) is 124 cm³/mol. The first-order valence-corrected chi connectivity index (χ1v) is 11.7. The van der Waals surface area contributed by atoms with Gasteiger partial charge in [-0.2, -0.15) is 9.78 Å². The van der Waals surface area contributed by atoms with Gasteiger partial charge in [0.05, 0.1) is 15.9 Å². The predicted octanol–water partition coefficient (Wildman–Crippen LogP) is 4.69. The Labute approximate surface area is 189 Å². The second kappa shape index (κ2) is 7.63. The van der Waals surface area contributed by atoms with Crippen LogP contribution < -0.4 is 14.8 Å². The molecular formula is C24H22N4O3S. The van der Waals surface area contributed by atoms with Crippen LogP contribution in [0.5, 0.6) is 11.5 Å². The van der Waals surface area contributed by atoms with Gasteiger partial charge in [0.2, 0.25) is 5.13 Å². The molecule has 4 aromatic rings. The van der Waals surface area contributed by atoms with Gasteiger partial charge in [-0.25, -0.2) is 4.98 Å². The number of hydrogen-bond acceptors (Lipinski definition) is 6.